The minimum absolute atomic E-state index is 0.136. The summed E-state index contributed by atoms with van der Waals surface area (Å²) in [6.45, 7) is 2.99. The molecular formula is C28H32F3NO. The number of aliphatic hydroxyl groups is 1. The normalized spacial score (nSPS) is 20.6. The largest absolute Gasteiger partial charge is 0.388 e. The van der Waals surface area contributed by atoms with Crippen LogP contribution in [0.1, 0.15) is 56.3 Å². The van der Waals surface area contributed by atoms with Gasteiger partial charge in [0.2, 0.25) is 0 Å². The highest BCUT2D eigenvalue weighted by Gasteiger charge is 2.32. The Hall–Kier alpha value is -2.37. The molecule has 0 aliphatic heterocycles. The molecule has 33 heavy (non-hydrogen) atoms. The Morgan fingerprint density at radius 2 is 1.70 bits per heavy atom. The third kappa shape index (κ3) is 5.25. The third-order valence-corrected chi connectivity index (χ3v) is 7.37. The minimum Gasteiger partial charge on any atom is -0.388 e. The standard InChI is InChI=1S/C28H32F3NO/c1-2-18(16-32-17-22-13-14-25(29)27(31)26(22)30)20-9-5-10-21(15-20)28(33)24-12-6-8-19-7-3-4-11-23(19)24/h3-4,6-8,11-14,18,20-21,28,32-33H,2,5,9-10,15-17H2,1H3/t18?,20?,21?,28-/m0/s1. The van der Waals surface area contributed by atoms with E-state index in [1.807, 2.05) is 24.3 Å². The molecule has 0 spiro atoms. The van der Waals surface area contributed by atoms with Gasteiger partial charge in [0, 0.05) is 12.1 Å². The fourth-order valence-electron chi connectivity index (χ4n) is 5.48. The molecule has 1 saturated carbocycles. The van der Waals surface area contributed by atoms with Crippen LogP contribution in [0, 0.1) is 35.2 Å². The summed E-state index contributed by atoms with van der Waals surface area (Å²) in [5.74, 6) is -2.67. The molecule has 2 N–H and O–H groups in total. The molecule has 0 saturated heterocycles. The van der Waals surface area contributed by atoms with Crippen LogP contribution in [0.4, 0.5) is 13.2 Å². The van der Waals surface area contributed by atoms with Gasteiger partial charge >= 0.3 is 0 Å². The molecule has 1 fully saturated rings. The Morgan fingerprint density at radius 1 is 0.939 bits per heavy atom. The smallest absolute Gasteiger partial charge is 0.194 e. The molecule has 1 aliphatic carbocycles. The van der Waals surface area contributed by atoms with Crippen molar-refractivity contribution in [1.29, 1.82) is 0 Å². The van der Waals surface area contributed by atoms with Crippen LogP contribution >= 0.6 is 0 Å². The highest BCUT2D eigenvalue weighted by Crippen LogP contribution is 2.42. The van der Waals surface area contributed by atoms with Gasteiger partial charge in [0.15, 0.2) is 17.5 Å². The molecule has 5 heteroatoms. The van der Waals surface area contributed by atoms with E-state index in [1.54, 1.807) is 0 Å². The lowest BCUT2D eigenvalue weighted by Crippen LogP contribution is -2.32. The molecule has 3 aromatic carbocycles. The number of fused-ring (bicyclic) bond motifs is 1. The number of hydrogen-bond donors (Lipinski definition) is 2. The van der Waals surface area contributed by atoms with Crippen LogP contribution in [0.5, 0.6) is 0 Å². The highest BCUT2D eigenvalue weighted by molar-refractivity contribution is 5.86. The van der Waals surface area contributed by atoms with Gasteiger partial charge in [0.05, 0.1) is 6.10 Å². The molecule has 176 valence electrons. The number of halogens is 3. The molecule has 4 rings (SSSR count). The molecule has 1 aliphatic rings. The van der Waals surface area contributed by atoms with Crippen LogP contribution in [-0.4, -0.2) is 11.7 Å². The second kappa shape index (κ2) is 10.7. The Kier molecular flexibility index (Phi) is 7.71. The lowest BCUT2D eigenvalue weighted by atomic mass is 9.71. The lowest BCUT2D eigenvalue weighted by Gasteiger charge is -2.37. The van der Waals surface area contributed by atoms with Gasteiger partial charge in [-0.15, -0.1) is 0 Å². The number of benzene rings is 3. The maximum atomic E-state index is 14.0. The van der Waals surface area contributed by atoms with Crippen molar-refractivity contribution in [2.24, 2.45) is 17.8 Å². The van der Waals surface area contributed by atoms with E-state index in [0.717, 1.165) is 54.5 Å². The average Bonchev–Trinajstić information content (AvgIpc) is 2.85. The fraction of sp³-hybridized carbons (Fsp3) is 0.429. The molecule has 4 atom stereocenters. The van der Waals surface area contributed by atoms with Crippen molar-refractivity contribution < 1.29 is 18.3 Å². The molecule has 0 radical (unpaired) electrons. The Balaban J connectivity index is 1.40. The van der Waals surface area contributed by atoms with E-state index in [2.05, 4.69) is 30.4 Å². The van der Waals surface area contributed by atoms with Gasteiger partial charge in [-0.2, -0.15) is 0 Å². The second-order valence-electron chi connectivity index (χ2n) is 9.33. The van der Waals surface area contributed by atoms with E-state index >= 15 is 0 Å². The van der Waals surface area contributed by atoms with Crippen LogP contribution in [0.25, 0.3) is 10.8 Å². The van der Waals surface area contributed by atoms with Crippen molar-refractivity contribution in [3.8, 4) is 0 Å². The van der Waals surface area contributed by atoms with Crippen LogP contribution in [0.3, 0.4) is 0 Å². The predicted molar refractivity (Wildman–Crippen MR) is 126 cm³/mol. The van der Waals surface area contributed by atoms with E-state index in [-0.39, 0.29) is 18.0 Å². The van der Waals surface area contributed by atoms with E-state index in [9.17, 15) is 18.3 Å². The van der Waals surface area contributed by atoms with Crippen molar-refractivity contribution in [3.05, 3.63) is 83.2 Å². The SMILES string of the molecule is CCC(CNCc1ccc(F)c(F)c1F)C1CCCC([C@H](O)c2cccc3ccccc23)C1. The Bertz CT molecular complexity index is 1080. The maximum absolute atomic E-state index is 14.0. The van der Waals surface area contributed by atoms with Crippen LogP contribution < -0.4 is 5.32 Å². The topological polar surface area (TPSA) is 32.3 Å². The maximum Gasteiger partial charge on any atom is 0.194 e. The van der Waals surface area contributed by atoms with E-state index in [0.29, 0.717) is 18.4 Å². The van der Waals surface area contributed by atoms with Gasteiger partial charge in [-0.05, 0) is 59.5 Å². The summed E-state index contributed by atoms with van der Waals surface area (Å²) in [7, 11) is 0. The zero-order chi connectivity index (χ0) is 23.4. The van der Waals surface area contributed by atoms with Crippen molar-refractivity contribution >= 4 is 10.8 Å². The van der Waals surface area contributed by atoms with Crippen molar-refractivity contribution in [2.75, 3.05) is 6.54 Å². The van der Waals surface area contributed by atoms with E-state index < -0.39 is 23.6 Å². The first kappa shape index (κ1) is 23.8. The quantitative estimate of drug-likeness (QED) is 0.362. The van der Waals surface area contributed by atoms with Crippen molar-refractivity contribution in [1.82, 2.24) is 5.32 Å². The fourth-order valence-corrected chi connectivity index (χ4v) is 5.48. The zero-order valence-corrected chi connectivity index (χ0v) is 19.0. The summed E-state index contributed by atoms with van der Waals surface area (Å²) in [6.07, 6.45) is 4.61. The molecule has 0 bridgehead atoms. The molecule has 0 aromatic heterocycles. The van der Waals surface area contributed by atoms with Crippen LogP contribution in [0.15, 0.2) is 54.6 Å². The summed E-state index contributed by atoms with van der Waals surface area (Å²) < 4.78 is 40.6. The Morgan fingerprint density at radius 3 is 2.52 bits per heavy atom. The van der Waals surface area contributed by atoms with Gasteiger partial charge in [0.25, 0.3) is 0 Å². The van der Waals surface area contributed by atoms with Crippen molar-refractivity contribution in [2.45, 2.75) is 51.7 Å². The number of aliphatic hydroxyl groups excluding tert-OH is 1. The predicted octanol–water partition coefficient (Wildman–Crippen LogP) is 6.91. The molecule has 0 heterocycles. The van der Waals surface area contributed by atoms with Crippen LogP contribution in [0.2, 0.25) is 0 Å². The summed E-state index contributed by atoms with van der Waals surface area (Å²) in [6, 6.07) is 16.5. The van der Waals surface area contributed by atoms with E-state index in [1.165, 1.54) is 6.07 Å². The monoisotopic (exact) mass is 455 g/mol. The van der Waals surface area contributed by atoms with Gasteiger partial charge in [-0.1, -0.05) is 74.7 Å². The summed E-state index contributed by atoms with van der Waals surface area (Å²) in [5, 5.41) is 16.8. The Labute approximate surface area is 193 Å². The summed E-state index contributed by atoms with van der Waals surface area (Å²) in [5.41, 5.74) is 1.13. The average molecular weight is 456 g/mol. The number of nitrogens with one attached hydrogen (secondary N) is 1. The molecule has 0 amide bonds. The number of hydrogen-bond acceptors (Lipinski definition) is 2. The van der Waals surface area contributed by atoms with Gasteiger partial charge in [0.1, 0.15) is 0 Å². The first-order valence-corrected chi connectivity index (χ1v) is 12.0. The van der Waals surface area contributed by atoms with Gasteiger partial charge in [-0.25, -0.2) is 13.2 Å². The molecule has 3 unspecified atom stereocenters. The minimum atomic E-state index is -1.42. The van der Waals surface area contributed by atoms with E-state index in [4.69, 9.17) is 0 Å². The van der Waals surface area contributed by atoms with Gasteiger partial charge < -0.3 is 10.4 Å². The highest BCUT2D eigenvalue weighted by atomic mass is 19.2. The second-order valence-corrected chi connectivity index (χ2v) is 9.33. The molecule has 2 nitrogen and oxygen atoms in total. The third-order valence-electron chi connectivity index (χ3n) is 7.37. The summed E-state index contributed by atoms with van der Waals surface area (Å²) in [4.78, 5) is 0. The van der Waals surface area contributed by atoms with Crippen molar-refractivity contribution in [3.63, 3.8) is 0 Å². The molecular weight excluding hydrogens is 423 g/mol. The molecule has 3 aromatic rings. The zero-order valence-electron chi connectivity index (χ0n) is 19.0. The number of rotatable bonds is 8. The van der Waals surface area contributed by atoms with Crippen LogP contribution in [-0.2, 0) is 6.54 Å². The first-order chi connectivity index (χ1) is 16.0. The van der Waals surface area contributed by atoms with Gasteiger partial charge in [-0.3, -0.25) is 0 Å². The first-order valence-electron chi connectivity index (χ1n) is 12.0. The summed E-state index contributed by atoms with van der Waals surface area (Å²) >= 11 is 0. The lowest BCUT2D eigenvalue weighted by molar-refractivity contribution is 0.0559.